The first-order valence-corrected chi connectivity index (χ1v) is 15.9. The maximum atomic E-state index is 14.6. The number of hydrogen-bond acceptors (Lipinski definition) is 8. The molecular formula is C32H43ClN6O3. The number of rotatable bonds is 6. The Labute approximate surface area is 254 Å². The third-order valence-corrected chi connectivity index (χ3v) is 11.0. The number of nitrogens with one attached hydrogen (secondary N) is 2. The largest absolute Gasteiger partial charge is 0.348 e. The van der Waals surface area contributed by atoms with Crippen LogP contribution in [-0.4, -0.2) is 96.9 Å². The number of ether oxygens (including phenoxy) is 1. The van der Waals surface area contributed by atoms with Crippen molar-refractivity contribution in [2.45, 2.75) is 82.0 Å². The summed E-state index contributed by atoms with van der Waals surface area (Å²) in [6.07, 6.45) is 7.41. The third kappa shape index (κ3) is 5.54. The normalized spacial score (nSPS) is 35.5. The lowest BCUT2D eigenvalue weighted by molar-refractivity contribution is -0.154. The summed E-state index contributed by atoms with van der Waals surface area (Å²) in [5.41, 5.74) is 1.96. The Hall–Kier alpha value is -2.32. The molecule has 9 nitrogen and oxygen atoms in total. The zero-order valence-electron chi connectivity index (χ0n) is 24.6. The monoisotopic (exact) mass is 594 g/mol. The minimum atomic E-state index is -0.467. The lowest BCUT2D eigenvalue weighted by atomic mass is 9.59. The van der Waals surface area contributed by atoms with Gasteiger partial charge >= 0.3 is 0 Å². The second-order valence-corrected chi connectivity index (χ2v) is 13.3. The molecule has 1 aromatic carbocycles. The Morgan fingerprint density at radius 2 is 2.10 bits per heavy atom. The van der Waals surface area contributed by atoms with Crippen LogP contribution >= 0.6 is 11.6 Å². The van der Waals surface area contributed by atoms with Crippen molar-refractivity contribution in [1.82, 2.24) is 25.3 Å². The van der Waals surface area contributed by atoms with E-state index in [-0.39, 0.29) is 42.3 Å². The summed E-state index contributed by atoms with van der Waals surface area (Å²) < 4.78 is 6.46. The summed E-state index contributed by atoms with van der Waals surface area (Å²) in [5, 5.41) is 17.6. The summed E-state index contributed by atoms with van der Waals surface area (Å²) in [6, 6.07) is 8.14. The van der Waals surface area contributed by atoms with Crippen molar-refractivity contribution >= 4 is 23.3 Å². The number of nitrogens with zero attached hydrogens (tertiary/aromatic N) is 4. The molecule has 1 spiro atoms. The van der Waals surface area contributed by atoms with Gasteiger partial charge in [0.1, 0.15) is 0 Å². The third-order valence-electron chi connectivity index (χ3n) is 10.7. The van der Waals surface area contributed by atoms with E-state index >= 15 is 0 Å². The summed E-state index contributed by atoms with van der Waals surface area (Å²) in [6.45, 7) is 7.06. The van der Waals surface area contributed by atoms with E-state index in [4.69, 9.17) is 16.3 Å². The molecule has 7 atom stereocenters. The minimum absolute atomic E-state index is 0.0502. The number of likely N-dealkylation sites (tertiary alicyclic amines) is 1. The van der Waals surface area contributed by atoms with Crippen molar-refractivity contribution in [3.8, 4) is 6.07 Å². The topological polar surface area (TPSA) is 101 Å². The van der Waals surface area contributed by atoms with Gasteiger partial charge in [0.25, 0.3) is 0 Å². The molecule has 7 unspecified atom stereocenters. The van der Waals surface area contributed by atoms with Gasteiger partial charge in [-0.05, 0) is 81.8 Å². The zero-order chi connectivity index (χ0) is 29.4. The predicted octanol–water partition coefficient (Wildman–Crippen LogP) is 2.69. The van der Waals surface area contributed by atoms with Crippen LogP contribution in [0.5, 0.6) is 0 Å². The lowest BCUT2D eigenvalue weighted by Gasteiger charge is -2.55. The molecular weight excluding hydrogens is 552 g/mol. The molecule has 226 valence electrons. The fourth-order valence-corrected chi connectivity index (χ4v) is 8.50. The van der Waals surface area contributed by atoms with Crippen LogP contribution in [0.25, 0.3) is 0 Å². The average molecular weight is 595 g/mol. The van der Waals surface area contributed by atoms with Crippen molar-refractivity contribution in [2.24, 2.45) is 11.3 Å². The molecule has 5 aliphatic rings. The van der Waals surface area contributed by atoms with Crippen LogP contribution in [-0.2, 0) is 27.2 Å². The first kappa shape index (κ1) is 29.7. The van der Waals surface area contributed by atoms with E-state index in [1.807, 2.05) is 12.1 Å². The van der Waals surface area contributed by atoms with E-state index in [0.29, 0.717) is 38.7 Å². The number of Topliss-reactive ketones (excluding diaryl/α,β-unsaturated/α-hetero) is 1. The number of aryl methyl sites for hydroxylation is 1. The van der Waals surface area contributed by atoms with E-state index in [9.17, 15) is 14.9 Å². The van der Waals surface area contributed by atoms with Crippen molar-refractivity contribution in [3.63, 3.8) is 0 Å². The number of amides is 1. The van der Waals surface area contributed by atoms with Crippen molar-refractivity contribution in [1.29, 1.82) is 5.26 Å². The molecule has 6 rings (SSSR count). The highest BCUT2D eigenvalue weighted by atomic mass is 35.5. The molecule has 0 radical (unpaired) electrons. The molecule has 42 heavy (non-hydrogen) atoms. The van der Waals surface area contributed by atoms with Crippen molar-refractivity contribution < 1.29 is 14.3 Å². The zero-order valence-corrected chi connectivity index (χ0v) is 25.3. The first-order valence-electron chi connectivity index (χ1n) is 15.5. The molecule has 1 saturated carbocycles. The standard InChI is InChI=1S/C32H43ClN6O3/c1-3-27(40)39-17-16-38(19-22(39)11-14-34)30-24-10-13-32(12-9-21-6-4-8-26(33)25(21)18-32)29(41)28(24)35-31(36-30)42-20-23-7-5-15-37(23)2/h3-4,6,8,22-24,28,30-31,35-36H,1,5,7,9-13,15-20H2,2H3. The number of ketones is 1. The number of fused-ring (bicyclic) bond motifs is 2. The summed E-state index contributed by atoms with van der Waals surface area (Å²) in [7, 11) is 2.14. The highest BCUT2D eigenvalue weighted by Crippen LogP contribution is 2.48. The number of hydrogen-bond donors (Lipinski definition) is 2. The van der Waals surface area contributed by atoms with Gasteiger partial charge in [0.05, 0.1) is 37.3 Å². The van der Waals surface area contributed by atoms with Gasteiger partial charge in [0, 0.05) is 42.0 Å². The molecule has 2 N–H and O–H groups in total. The highest BCUT2D eigenvalue weighted by Gasteiger charge is 2.55. The lowest BCUT2D eigenvalue weighted by Crippen LogP contribution is -2.74. The second-order valence-electron chi connectivity index (χ2n) is 12.9. The quantitative estimate of drug-likeness (QED) is 0.485. The van der Waals surface area contributed by atoms with E-state index in [0.717, 1.165) is 49.2 Å². The number of piperazine rings is 1. The van der Waals surface area contributed by atoms with Crippen molar-refractivity contribution in [3.05, 3.63) is 47.0 Å². The molecule has 10 heteroatoms. The molecule has 4 fully saturated rings. The maximum absolute atomic E-state index is 14.6. The second kappa shape index (κ2) is 12.4. The molecule has 2 aliphatic carbocycles. The van der Waals surface area contributed by atoms with Crippen LogP contribution in [0.1, 0.15) is 49.7 Å². The number of carbonyl (C=O) groups excluding carboxylic acids is 2. The number of carbonyl (C=O) groups is 2. The van der Waals surface area contributed by atoms with Gasteiger partial charge in [-0.2, -0.15) is 5.26 Å². The van der Waals surface area contributed by atoms with E-state index in [1.165, 1.54) is 18.1 Å². The fraction of sp³-hybridized carbons (Fsp3) is 0.656. The highest BCUT2D eigenvalue weighted by molar-refractivity contribution is 6.31. The Morgan fingerprint density at radius 3 is 2.86 bits per heavy atom. The van der Waals surface area contributed by atoms with Crippen LogP contribution in [0.3, 0.4) is 0 Å². The Balaban J connectivity index is 1.25. The fourth-order valence-electron chi connectivity index (χ4n) is 8.24. The Bertz CT molecular complexity index is 1250. The van der Waals surface area contributed by atoms with Crippen LogP contribution in [0, 0.1) is 22.7 Å². The Morgan fingerprint density at radius 1 is 1.24 bits per heavy atom. The smallest absolute Gasteiger partial charge is 0.246 e. The molecule has 3 aliphatic heterocycles. The Kier molecular flexibility index (Phi) is 8.75. The van der Waals surface area contributed by atoms with E-state index in [2.05, 4.69) is 46.2 Å². The van der Waals surface area contributed by atoms with Gasteiger partial charge in [-0.1, -0.05) is 30.3 Å². The summed E-state index contributed by atoms with van der Waals surface area (Å²) in [5.74, 6) is 0.185. The average Bonchev–Trinajstić information content (AvgIpc) is 3.42. The first-order chi connectivity index (χ1) is 20.3. The molecule has 1 aromatic rings. The van der Waals surface area contributed by atoms with Gasteiger partial charge in [0.15, 0.2) is 12.1 Å². The number of benzene rings is 1. The van der Waals surface area contributed by atoms with E-state index in [1.54, 1.807) is 4.90 Å². The van der Waals surface area contributed by atoms with Gasteiger partial charge in [-0.3, -0.25) is 25.1 Å². The van der Waals surface area contributed by atoms with Gasteiger partial charge in [0.2, 0.25) is 5.91 Å². The number of likely N-dealkylation sites (N-methyl/N-ethyl adjacent to an activating group) is 1. The van der Waals surface area contributed by atoms with Crippen LogP contribution in [0.15, 0.2) is 30.9 Å². The van der Waals surface area contributed by atoms with Crippen LogP contribution < -0.4 is 10.6 Å². The van der Waals surface area contributed by atoms with Crippen molar-refractivity contribution in [2.75, 3.05) is 39.8 Å². The summed E-state index contributed by atoms with van der Waals surface area (Å²) in [4.78, 5) is 33.6. The van der Waals surface area contributed by atoms with Crippen LogP contribution in [0.2, 0.25) is 5.02 Å². The molecule has 3 heterocycles. The summed E-state index contributed by atoms with van der Waals surface area (Å²) >= 11 is 6.65. The minimum Gasteiger partial charge on any atom is -0.348 e. The van der Waals surface area contributed by atoms with Gasteiger partial charge in [-0.25, -0.2) is 0 Å². The maximum Gasteiger partial charge on any atom is 0.246 e. The molecule has 0 bridgehead atoms. The van der Waals surface area contributed by atoms with E-state index < -0.39 is 11.8 Å². The van der Waals surface area contributed by atoms with Gasteiger partial charge in [-0.15, -0.1) is 0 Å². The van der Waals surface area contributed by atoms with Crippen LogP contribution in [0.4, 0.5) is 0 Å². The predicted molar refractivity (Wildman–Crippen MR) is 160 cm³/mol. The molecule has 3 saturated heterocycles. The SMILES string of the molecule is C=CC(=O)N1CCN(C2NC(OCC3CCCN3C)NC3C(=O)C4(CCc5cccc(Cl)c5C4)CCC32)CC1CC#N. The molecule has 0 aromatic heterocycles. The van der Waals surface area contributed by atoms with Gasteiger partial charge < -0.3 is 14.5 Å². The molecule has 1 amide bonds. The number of halogens is 1. The number of nitriles is 1.